The van der Waals surface area contributed by atoms with Crippen molar-refractivity contribution >= 4 is 11.4 Å². The summed E-state index contributed by atoms with van der Waals surface area (Å²) in [6.45, 7) is 2.12. The molecule has 0 aliphatic carbocycles. The Morgan fingerprint density at radius 2 is 1.89 bits per heavy atom. The summed E-state index contributed by atoms with van der Waals surface area (Å²) in [6, 6.07) is 14.9. The lowest BCUT2D eigenvalue weighted by Gasteiger charge is -2.07. The summed E-state index contributed by atoms with van der Waals surface area (Å²) in [4.78, 5) is 0. The van der Waals surface area contributed by atoms with E-state index in [0.717, 1.165) is 12.2 Å². The van der Waals surface area contributed by atoms with Gasteiger partial charge in [0.2, 0.25) is 5.69 Å². The van der Waals surface area contributed by atoms with E-state index in [4.69, 9.17) is 4.74 Å². The molecule has 0 saturated heterocycles. The zero-order chi connectivity index (χ0) is 13.4. The van der Waals surface area contributed by atoms with Crippen LogP contribution in [0.4, 0.5) is 5.69 Å². The molecule has 2 nitrogen and oxygen atoms in total. The highest BCUT2D eigenvalue weighted by Crippen LogP contribution is 2.30. The van der Waals surface area contributed by atoms with Crippen molar-refractivity contribution in [3.63, 3.8) is 0 Å². The van der Waals surface area contributed by atoms with Crippen LogP contribution in [0.15, 0.2) is 42.5 Å². The highest BCUT2D eigenvalue weighted by atomic mass is 16.5. The first-order valence-corrected chi connectivity index (χ1v) is 6.53. The molecule has 0 bridgehead atoms. The van der Waals surface area contributed by atoms with E-state index in [-0.39, 0.29) is 0 Å². The van der Waals surface area contributed by atoms with E-state index in [1.54, 1.807) is 7.11 Å². The highest BCUT2D eigenvalue weighted by Gasteiger charge is 2.29. The molecule has 2 aromatic rings. The van der Waals surface area contributed by atoms with Gasteiger partial charge < -0.3 is 4.74 Å². The number of aryl methyl sites for hydroxylation is 1. The van der Waals surface area contributed by atoms with Gasteiger partial charge in [0.25, 0.3) is 0 Å². The Morgan fingerprint density at radius 1 is 1.11 bits per heavy atom. The Morgan fingerprint density at radius 3 is 2.63 bits per heavy atom. The lowest BCUT2D eigenvalue weighted by molar-refractivity contribution is -0.401. The molecular formula is C17H18NO+. The van der Waals surface area contributed by atoms with Crippen LogP contribution in [0, 0.1) is 6.92 Å². The SMILES string of the molecule is COc1ccc(C)cc1C1=[N+](C)c2ccccc2C1. The second-order valence-corrected chi connectivity index (χ2v) is 5.01. The Labute approximate surface area is 114 Å². The van der Waals surface area contributed by atoms with Gasteiger partial charge in [0, 0.05) is 11.6 Å². The van der Waals surface area contributed by atoms with Crippen LogP contribution in [-0.4, -0.2) is 24.4 Å². The number of benzene rings is 2. The molecule has 3 rings (SSSR count). The number of hydrogen-bond donors (Lipinski definition) is 0. The smallest absolute Gasteiger partial charge is 0.208 e. The maximum Gasteiger partial charge on any atom is 0.208 e. The number of rotatable bonds is 2. The third-order valence-electron chi connectivity index (χ3n) is 3.78. The molecule has 1 aliphatic rings. The van der Waals surface area contributed by atoms with Crippen LogP contribution < -0.4 is 4.74 Å². The van der Waals surface area contributed by atoms with E-state index in [0.29, 0.717) is 0 Å². The molecule has 0 unspecified atom stereocenters. The fraction of sp³-hybridized carbons (Fsp3) is 0.235. The van der Waals surface area contributed by atoms with Crippen molar-refractivity contribution in [1.29, 1.82) is 0 Å². The molecule has 0 aromatic heterocycles. The van der Waals surface area contributed by atoms with Crippen LogP contribution >= 0.6 is 0 Å². The van der Waals surface area contributed by atoms with Gasteiger partial charge in [-0.2, -0.15) is 4.58 Å². The van der Waals surface area contributed by atoms with Crippen LogP contribution in [0.3, 0.4) is 0 Å². The van der Waals surface area contributed by atoms with E-state index in [9.17, 15) is 0 Å². The first-order chi connectivity index (χ1) is 9.20. The second kappa shape index (κ2) is 4.54. The van der Waals surface area contributed by atoms with Gasteiger partial charge in [-0.1, -0.05) is 29.8 Å². The highest BCUT2D eigenvalue weighted by molar-refractivity contribution is 6.03. The van der Waals surface area contributed by atoms with Crippen LogP contribution in [0.25, 0.3) is 0 Å². The van der Waals surface area contributed by atoms with E-state index in [1.807, 2.05) is 0 Å². The van der Waals surface area contributed by atoms with Crippen molar-refractivity contribution in [2.24, 2.45) is 0 Å². The van der Waals surface area contributed by atoms with Crippen LogP contribution in [-0.2, 0) is 6.42 Å². The van der Waals surface area contributed by atoms with Crippen molar-refractivity contribution in [3.8, 4) is 5.75 Å². The molecule has 0 atom stereocenters. The molecule has 1 aliphatic heterocycles. The third-order valence-corrected chi connectivity index (χ3v) is 3.78. The number of fused-ring (bicyclic) bond motifs is 1. The standard InChI is InChI=1S/C17H18NO/c1-12-8-9-17(19-3)14(10-12)16-11-13-6-4-5-7-15(13)18(16)2/h4-10H,11H2,1-3H3/q+1. The van der Waals surface area contributed by atoms with Crippen molar-refractivity contribution < 1.29 is 9.31 Å². The molecular weight excluding hydrogens is 234 g/mol. The predicted octanol–water partition coefficient (Wildman–Crippen LogP) is 3.32. The monoisotopic (exact) mass is 252 g/mol. The summed E-state index contributed by atoms with van der Waals surface area (Å²) in [7, 11) is 3.86. The number of hydrogen-bond acceptors (Lipinski definition) is 1. The number of para-hydroxylation sites is 1. The van der Waals surface area contributed by atoms with Gasteiger partial charge >= 0.3 is 0 Å². The zero-order valence-corrected chi connectivity index (χ0v) is 11.6. The van der Waals surface area contributed by atoms with Crippen molar-refractivity contribution in [2.45, 2.75) is 13.3 Å². The zero-order valence-electron chi connectivity index (χ0n) is 11.6. The Kier molecular flexibility index (Phi) is 2.86. The minimum absolute atomic E-state index is 0.945. The van der Waals surface area contributed by atoms with Crippen molar-refractivity contribution in [1.82, 2.24) is 0 Å². The lowest BCUT2D eigenvalue weighted by Crippen LogP contribution is -2.12. The van der Waals surface area contributed by atoms with Gasteiger partial charge in [-0.15, -0.1) is 0 Å². The quantitative estimate of drug-likeness (QED) is 0.747. The molecule has 2 heteroatoms. The minimum atomic E-state index is 0.945. The molecule has 0 amide bonds. The molecule has 0 spiro atoms. The summed E-state index contributed by atoms with van der Waals surface area (Å²) in [5, 5.41) is 0. The first kappa shape index (κ1) is 12.0. The van der Waals surface area contributed by atoms with E-state index < -0.39 is 0 Å². The maximum absolute atomic E-state index is 5.51. The first-order valence-electron chi connectivity index (χ1n) is 6.53. The Bertz CT molecular complexity index is 671. The largest absolute Gasteiger partial charge is 0.496 e. The predicted molar refractivity (Wildman–Crippen MR) is 77.8 cm³/mol. The van der Waals surface area contributed by atoms with Crippen molar-refractivity contribution in [2.75, 3.05) is 14.2 Å². The second-order valence-electron chi connectivity index (χ2n) is 5.01. The molecule has 19 heavy (non-hydrogen) atoms. The van der Waals surface area contributed by atoms with Gasteiger partial charge in [-0.3, -0.25) is 0 Å². The van der Waals surface area contributed by atoms with E-state index in [2.05, 4.69) is 61.0 Å². The molecule has 2 aromatic carbocycles. The number of ether oxygens (including phenoxy) is 1. The van der Waals surface area contributed by atoms with Gasteiger partial charge in [0.15, 0.2) is 5.71 Å². The molecule has 0 N–H and O–H groups in total. The van der Waals surface area contributed by atoms with Crippen LogP contribution in [0.5, 0.6) is 5.75 Å². The summed E-state index contributed by atoms with van der Waals surface area (Å²) < 4.78 is 7.78. The van der Waals surface area contributed by atoms with Gasteiger partial charge in [-0.05, 0) is 19.1 Å². The van der Waals surface area contributed by atoms with E-state index >= 15 is 0 Å². The fourth-order valence-corrected chi connectivity index (χ4v) is 2.76. The molecule has 96 valence electrons. The molecule has 0 fully saturated rings. The Balaban J connectivity index is 2.15. The average molecular weight is 252 g/mol. The topological polar surface area (TPSA) is 12.2 Å². The molecule has 1 heterocycles. The molecule has 0 radical (unpaired) electrons. The Hall–Kier alpha value is -2.09. The normalized spacial score (nSPS) is 13.6. The summed E-state index contributed by atoms with van der Waals surface area (Å²) in [5.74, 6) is 0.945. The van der Waals surface area contributed by atoms with Gasteiger partial charge in [0.05, 0.1) is 19.1 Å². The fourth-order valence-electron chi connectivity index (χ4n) is 2.76. The number of methoxy groups -OCH3 is 1. The van der Waals surface area contributed by atoms with Gasteiger partial charge in [-0.25, -0.2) is 0 Å². The average Bonchev–Trinajstić information content (AvgIpc) is 2.76. The summed E-state index contributed by atoms with van der Waals surface area (Å²) >= 11 is 0. The maximum atomic E-state index is 5.51. The van der Waals surface area contributed by atoms with Crippen molar-refractivity contribution in [3.05, 3.63) is 59.2 Å². The van der Waals surface area contributed by atoms with E-state index in [1.165, 1.54) is 28.1 Å². The van der Waals surface area contributed by atoms with Crippen LogP contribution in [0.2, 0.25) is 0 Å². The lowest BCUT2D eigenvalue weighted by atomic mass is 10.0. The number of nitrogens with zero attached hydrogens (tertiary/aromatic N) is 1. The minimum Gasteiger partial charge on any atom is -0.496 e. The third kappa shape index (κ3) is 1.93. The van der Waals surface area contributed by atoms with Gasteiger partial charge in [0.1, 0.15) is 12.8 Å². The summed E-state index contributed by atoms with van der Waals surface area (Å²) in [6.07, 6.45) is 0.965. The summed E-state index contributed by atoms with van der Waals surface area (Å²) in [5.41, 5.74) is 6.43. The molecule has 0 saturated carbocycles. The van der Waals surface area contributed by atoms with Crippen LogP contribution in [0.1, 0.15) is 16.7 Å².